The van der Waals surface area contributed by atoms with Gasteiger partial charge in [0.1, 0.15) is 5.54 Å². The third-order valence-corrected chi connectivity index (χ3v) is 5.52. The zero-order valence-corrected chi connectivity index (χ0v) is 14.1. The summed E-state index contributed by atoms with van der Waals surface area (Å²) in [6.45, 7) is 6.41. The van der Waals surface area contributed by atoms with Crippen molar-refractivity contribution in [2.75, 3.05) is 7.05 Å². The monoisotopic (exact) mass is 296 g/mol. The highest BCUT2D eigenvalue weighted by molar-refractivity contribution is 5.79. The van der Waals surface area contributed by atoms with Crippen LogP contribution in [0.2, 0.25) is 0 Å². The summed E-state index contributed by atoms with van der Waals surface area (Å²) in [5.74, 6) is 0.134. The van der Waals surface area contributed by atoms with Gasteiger partial charge in [-0.25, -0.2) is 0 Å². The fourth-order valence-electron chi connectivity index (χ4n) is 4.38. The molecule has 4 heteroatoms. The van der Waals surface area contributed by atoms with E-state index in [1.54, 1.807) is 0 Å². The Morgan fingerprint density at radius 1 is 1.29 bits per heavy atom. The average Bonchev–Trinajstić information content (AvgIpc) is 2.82. The van der Waals surface area contributed by atoms with Crippen molar-refractivity contribution in [3.63, 3.8) is 0 Å². The highest BCUT2D eigenvalue weighted by atomic mass is 16.4. The minimum absolute atomic E-state index is 0.208. The Bertz CT molecular complexity index is 372. The molecule has 0 spiro atoms. The molecule has 0 aromatic heterocycles. The molecule has 2 N–H and O–H groups in total. The molecule has 0 bridgehead atoms. The summed E-state index contributed by atoms with van der Waals surface area (Å²) < 4.78 is 0. The van der Waals surface area contributed by atoms with Gasteiger partial charge in [-0.1, -0.05) is 19.8 Å². The van der Waals surface area contributed by atoms with Gasteiger partial charge in [-0.2, -0.15) is 0 Å². The van der Waals surface area contributed by atoms with Crippen LogP contribution in [0.3, 0.4) is 0 Å². The van der Waals surface area contributed by atoms with Crippen molar-refractivity contribution in [1.82, 2.24) is 10.2 Å². The smallest absolute Gasteiger partial charge is 0.323 e. The van der Waals surface area contributed by atoms with E-state index in [2.05, 4.69) is 24.2 Å². The fourth-order valence-corrected chi connectivity index (χ4v) is 4.38. The van der Waals surface area contributed by atoms with Crippen LogP contribution in [0.5, 0.6) is 0 Å². The summed E-state index contributed by atoms with van der Waals surface area (Å²) in [6.07, 6.45) is 7.69. The lowest BCUT2D eigenvalue weighted by Gasteiger charge is -2.38. The van der Waals surface area contributed by atoms with Gasteiger partial charge in [-0.15, -0.1) is 0 Å². The van der Waals surface area contributed by atoms with Crippen molar-refractivity contribution in [1.29, 1.82) is 0 Å². The molecule has 4 atom stereocenters. The Kier molecular flexibility index (Phi) is 5.31. The van der Waals surface area contributed by atoms with E-state index in [1.807, 2.05) is 13.8 Å². The summed E-state index contributed by atoms with van der Waals surface area (Å²) in [6, 6.07) is 1.25. The van der Waals surface area contributed by atoms with Gasteiger partial charge in [-0.05, 0) is 58.9 Å². The molecule has 0 aromatic carbocycles. The number of hydrogen-bond acceptors (Lipinski definition) is 3. The predicted molar refractivity (Wildman–Crippen MR) is 85.5 cm³/mol. The van der Waals surface area contributed by atoms with E-state index in [0.29, 0.717) is 12.1 Å². The number of nitrogens with one attached hydrogen (secondary N) is 1. The maximum absolute atomic E-state index is 11.8. The zero-order valence-electron chi connectivity index (χ0n) is 14.1. The van der Waals surface area contributed by atoms with Crippen molar-refractivity contribution in [2.45, 2.75) is 89.4 Å². The molecule has 0 saturated heterocycles. The first kappa shape index (κ1) is 16.8. The van der Waals surface area contributed by atoms with Gasteiger partial charge in [0, 0.05) is 18.1 Å². The summed E-state index contributed by atoms with van der Waals surface area (Å²) in [7, 11) is 2.21. The second-order valence-electron chi connectivity index (χ2n) is 7.67. The molecular formula is C17H32N2O2. The first-order valence-electron chi connectivity index (χ1n) is 8.57. The molecular weight excluding hydrogens is 264 g/mol. The third kappa shape index (κ3) is 3.78. The fraction of sp³-hybridized carbons (Fsp3) is 0.941. The van der Waals surface area contributed by atoms with Crippen LogP contribution in [0.4, 0.5) is 0 Å². The van der Waals surface area contributed by atoms with Gasteiger partial charge in [0.15, 0.2) is 0 Å². The molecule has 2 rings (SSSR count). The Hall–Kier alpha value is -0.610. The molecule has 0 aliphatic heterocycles. The number of carbonyl (C=O) groups is 1. The van der Waals surface area contributed by atoms with E-state index in [1.165, 1.54) is 25.7 Å². The summed E-state index contributed by atoms with van der Waals surface area (Å²) in [5.41, 5.74) is -0.715. The van der Waals surface area contributed by atoms with Crippen molar-refractivity contribution in [3.05, 3.63) is 0 Å². The van der Waals surface area contributed by atoms with Crippen LogP contribution in [0, 0.1) is 5.92 Å². The van der Waals surface area contributed by atoms with E-state index < -0.39 is 11.5 Å². The zero-order chi connectivity index (χ0) is 15.6. The molecule has 21 heavy (non-hydrogen) atoms. The normalized spacial score (nSPS) is 37.3. The highest BCUT2D eigenvalue weighted by Crippen LogP contribution is 2.37. The van der Waals surface area contributed by atoms with Gasteiger partial charge in [0.25, 0.3) is 0 Å². The number of carboxylic acid groups (broad SMARTS) is 1. The van der Waals surface area contributed by atoms with Crippen molar-refractivity contribution in [3.8, 4) is 0 Å². The Morgan fingerprint density at radius 3 is 2.57 bits per heavy atom. The number of hydrogen-bond donors (Lipinski definition) is 2. The standard InChI is InChI=1S/C17H32N2O2/c1-12(2)18-17(16(20)21)9-8-15(11-17)19(4)14-7-5-6-13(3)10-14/h12-15,18H,5-11H2,1-4H3,(H,20,21). The second kappa shape index (κ2) is 6.66. The minimum atomic E-state index is -0.715. The molecule has 2 aliphatic rings. The quantitative estimate of drug-likeness (QED) is 0.819. The number of aliphatic carboxylic acids is 1. The Labute approximate surface area is 129 Å². The molecule has 122 valence electrons. The van der Waals surface area contributed by atoms with Gasteiger partial charge < -0.3 is 10.0 Å². The van der Waals surface area contributed by atoms with E-state index in [9.17, 15) is 9.90 Å². The third-order valence-electron chi connectivity index (χ3n) is 5.52. The molecule has 2 aliphatic carbocycles. The molecule has 4 unspecified atom stereocenters. The molecule has 0 heterocycles. The van der Waals surface area contributed by atoms with Crippen LogP contribution in [0.25, 0.3) is 0 Å². The van der Waals surface area contributed by atoms with E-state index in [4.69, 9.17) is 0 Å². The summed E-state index contributed by atoms with van der Waals surface area (Å²) in [5, 5.41) is 13.0. The van der Waals surface area contributed by atoms with Crippen molar-refractivity contribution >= 4 is 5.97 Å². The maximum atomic E-state index is 11.8. The van der Waals surface area contributed by atoms with Crippen LogP contribution < -0.4 is 5.32 Å². The number of carboxylic acids is 1. The molecule has 0 aromatic rings. The molecule has 0 radical (unpaired) electrons. The van der Waals surface area contributed by atoms with Crippen LogP contribution in [0.1, 0.15) is 65.7 Å². The van der Waals surface area contributed by atoms with Crippen LogP contribution >= 0.6 is 0 Å². The molecule has 4 nitrogen and oxygen atoms in total. The first-order valence-corrected chi connectivity index (χ1v) is 8.57. The Balaban J connectivity index is 2.01. The number of rotatable bonds is 5. The first-order chi connectivity index (χ1) is 9.84. The largest absolute Gasteiger partial charge is 0.480 e. The van der Waals surface area contributed by atoms with Crippen molar-refractivity contribution in [2.24, 2.45) is 5.92 Å². The van der Waals surface area contributed by atoms with Gasteiger partial charge in [0.2, 0.25) is 0 Å². The van der Waals surface area contributed by atoms with Crippen molar-refractivity contribution < 1.29 is 9.90 Å². The SMILES string of the molecule is CC1CCCC(N(C)C2CCC(NC(C)C)(C(=O)O)C2)C1. The Morgan fingerprint density at radius 2 is 2.00 bits per heavy atom. The van der Waals surface area contributed by atoms with Gasteiger partial charge in [-0.3, -0.25) is 10.1 Å². The lowest BCUT2D eigenvalue weighted by Crippen LogP contribution is -2.54. The van der Waals surface area contributed by atoms with Crippen LogP contribution in [-0.2, 0) is 4.79 Å². The van der Waals surface area contributed by atoms with Gasteiger partial charge >= 0.3 is 5.97 Å². The summed E-state index contributed by atoms with van der Waals surface area (Å²) >= 11 is 0. The highest BCUT2D eigenvalue weighted by Gasteiger charge is 2.47. The predicted octanol–water partition coefficient (Wildman–Crippen LogP) is 2.87. The molecule has 2 fully saturated rings. The maximum Gasteiger partial charge on any atom is 0.323 e. The molecule has 2 saturated carbocycles. The second-order valence-corrected chi connectivity index (χ2v) is 7.67. The van der Waals surface area contributed by atoms with E-state index in [0.717, 1.165) is 25.2 Å². The van der Waals surface area contributed by atoms with E-state index >= 15 is 0 Å². The summed E-state index contributed by atoms with van der Waals surface area (Å²) in [4.78, 5) is 14.3. The van der Waals surface area contributed by atoms with Crippen LogP contribution in [0.15, 0.2) is 0 Å². The van der Waals surface area contributed by atoms with Gasteiger partial charge in [0.05, 0.1) is 0 Å². The minimum Gasteiger partial charge on any atom is -0.480 e. The molecule has 0 amide bonds. The lowest BCUT2D eigenvalue weighted by molar-refractivity contribution is -0.145. The lowest BCUT2D eigenvalue weighted by atomic mass is 9.85. The van der Waals surface area contributed by atoms with E-state index in [-0.39, 0.29) is 6.04 Å². The topological polar surface area (TPSA) is 52.6 Å². The van der Waals surface area contributed by atoms with Crippen LogP contribution in [-0.4, -0.2) is 46.7 Å². The number of nitrogens with zero attached hydrogens (tertiary/aromatic N) is 1. The average molecular weight is 296 g/mol.